The summed E-state index contributed by atoms with van der Waals surface area (Å²) in [5, 5.41) is 5.70. The number of fused-ring (bicyclic) bond motifs is 3. The number of anilines is 2. The summed E-state index contributed by atoms with van der Waals surface area (Å²) < 4.78 is 41.5. The van der Waals surface area contributed by atoms with Crippen LogP contribution in [0.2, 0.25) is 0 Å². The summed E-state index contributed by atoms with van der Waals surface area (Å²) in [6.07, 6.45) is -1.29. The van der Waals surface area contributed by atoms with Crippen molar-refractivity contribution >= 4 is 29.2 Å². The minimum absolute atomic E-state index is 0.0101. The van der Waals surface area contributed by atoms with E-state index in [1.165, 1.54) is 23.1 Å². The van der Waals surface area contributed by atoms with E-state index in [1.807, 2.05) is 18.2 Å². The second kappa shape index (κ2) is 9.43. The van der Waals surface area contributed by atoms with Crippen LogP contribution in [-0.2, 0) is 38.8 Å². The summed E-state index contributed by atoms with van der Waals surface area (Å²) in [6, 6.07) is 13.5. The summed E-state index contributed by atoms with van der Waals surface area (Å²) in [5.74, 6) is -0.415. The molecule has 1 aliphatic carbocycles. The first kappa shape index (κ1) is 27.0. The Morgan fingerprint density at radius 3 is 2.61 bits per heavy atom. The summed E-state index contributed by atoms with van der Waals surface area (Å²) in [6.45, 7) is 3.10. The Morgan fingerprint density at radius 1 is 1.07 bits per heavy atom. The highest BCUT2D eigenvalue weighted by Gasteiger charge is 2.51. The average Bonchev–Trinajstić information content (AvgIpc) is 3.43. The molecule has 1 spiro atoms. The molecule has 2 N–H and O–H groups in total. The van der Waals surface area contributed by atoms with Crippen LogP contribution in [0.5, 0.6) is 0 Å². The topological polar surface area (TPSA) is 91.4 Å². The Kier molecular flexibility index (Phi) is 6.20. The largest absolute Gasteiger partial charge is 0.416 e. The quantitative estimate of drug-likeness (QED) is 0.445. The van der Waals surface area contributed by atoms with Gasteiger partial charge in [0.05, 0.1) is 17.0 Å². The van der Waals surface area contributed by atoms with Gasteiger partial charge in [-0.1, -0.05) is 44.2 Å². The minimum Gasteiger partial charge on any atom is -0.326 e. The van der Waals surface area contributed by atoms with Crippen molar-refractivity contribution in [2.45, 2.75) is 57.2 Å². The number of rotatable bonds is 4. The molecule has 3 amide bonds. The SMILES string of the molecule is CC1(C)CC[C@@H](c2ccccc2C(F)(F)F)N(CC(=O)Nc2ccc3c(c2)CC2(C3)C(=O)Nc3ncccc32)C1=O. The molecule has 1 unspecified atom stereocenters. The highest BCUT2D eigenvalue weighted by molar-refractivity contribution is 6.06. The fourth-order valence-corrected chi connectivity index (χ4v) is 6.54. The van der Waals surface area contributed by atoms with Crippen LogP contribution in [0.4, 0.5) is 24.7 Å². The van der Waals surface area contributed by atoms with Gasteiger partial charge in [0.15, 0.2) is 0 Å². The van der Waals surface area contributed by atoms with Gasteiger partial charge in [-0.2, -0.15) is 13.2 Å². The number of likely N-dealkylation sites (tertiary alicyclic amines) is 1. The zero-order chi connectivity index (χ0) is 29.2. The lowest BCUT2D eigenvalue weighted by Crippen LogP contribution is -2.50. The predicted octanol–water partition coefficient (Wildman–Crippen LogP) is 5.42. The monoisotopic (exact) mass is 562 g/mol. The molecule has 2 aromatic carbocycles. The van der Waals surface area contributed by atoms with Crippen LogP contribution in [0, 0.1) is 5.41 Å². The van der Waals surface area contributed by atoms with Crippen LogP contribution in [0.1, 0.15) is 60.5 Å². The maximum Gasteiger partial charge on any atom is 0.416 e. The lowest BCUT2D eigenvalue weighted by molar-refractivity contribution is -0.152. The van der Waals surface area contributed by atoms with Crippen molar-refractivity contribution in [3.63, 3.8) is 0 Å². The highest BCUT2D eigenvalue weighted by atomic mass is 19.4. The number of piperidine rings is 1. The second-order valence-corrected chi connectivity index (χ2v) is 11.8. The van der Waals surface area contributed by atoms with Crippen molar-refractivity contribution in [2.75, 3.05) is 17.2 Å². The third-order valence-electron chi connectivity index (χ3n) is 8.66. The van der Waals surface area contributed by atoms with E-state index in [2.05, 4.69) is 15.6 Å². The number of carbonyl (C=O) groups excluding carboxylic acids is 3. The number of nitrogens with zero attached hydrogens (tertiary/aromatic N) is 2. The standard InChI is InChI=1S/C31H29F3N4O3/c1-29(2)12-11-24(21-6-3-4-7-22(21)31(32,33)34)38(28(29)41)17-25(39)36-20-10-9-18-15-30(16-19(18)14-20)23-8-5-13-35-26(23)37-27(30)40/h3-10,13-14,24H,11-12,15-17H2,1-2H3,(H,36,39)(H,35,37,40)/t24-,30?/m0/s1. The molecule has 41 heavy (non-hydrogen) atoms. The molecular formula is C31H29F3N4O3. The predicted molar refractivity (Wildman–Crippen MR) is 146 cm³/mol. The van der Waals surface area contributed by atoms with E-state index in [9.17, 15) is 27.6 Å². The number of aromatic nitrogens is 1. The molecule has 3 heterocycles. The van der Waals surface area contributed by atoms with Crippen molar-refractivity contribution in [3.05, 3.63) is 88.6 Å². The first-order chi connectivity index (χ1) is 19.4. The zero-order valence-electron chi connectivity index (χ0n) is 22.6. The number of nitrogens with one attached hydrogen (secondary N) is 2. The maximum atomic E-state index is 13.8. The van der Waals surface area contributed by atoms with E-state index in [1.54, 1.807) is 32.2 Å². The number of pyridine rings is 1. The van der Waals surface area contributed by atoms with Gasteiger partial charge in [-0.25, -0.2) is 4.98 Å². The van der Waals surface area contributed by atoms with Gasteiger partial charge in [0.2, 0.25) is 17.7 Å². The highest BCUT2D eigenvalue weighted by Crippen LogP contribution is 2.47. The van der Waals surface area contributed by atoms with Gasteiger partial charge >= 0.3 is 6.18 Å². The van der Waals surface area contributed by atoms with Gasteiger partial charge in [-0.3, -0.25) is 14.4 Å². The first-order valence-corrected chi connectivity index (χ1v) is 13.5. The summed E-state index contributed by atoms with van der Waals surface area (Å²) in [5.41, 5.74) is 0.883. The molecule has 7 nitrogen and oxygen atoms in total. The van der Waals surface area contributed by atoms with Gasteiger partial charge in [-0.15, -0.1) is 0 Å². The molecular weight excluding hydrogens is 533 g/mol. The molecule has 1 aromatic heterocycles. The summed E-state index contributed by atoms with van der Waals surface area (Å²) >= 11 is 0. The van der Waals surface area contributed by atoms with E-state index < -0.39 is 34.5 Å². The van der Waals surface area contributed by atoms with E-state index in [-0.39, 0.29) is 23.9 Å². The number of carbonyl (C=O) groups is 3. The molecule has 3 aromatic rings. The Hall–Kier alpha value is -4.21. The molecule has 2 atom stereocenters. The van der Waals surface area contributed by atoms with Gasteiger partial charge in [-0.05, 0) is 66.6 Å². The average molecular weight is 563 g/mol. The fraction of sp³-hybridized carbons (Fsp3) is 0.355. The zero-order valence-corrected chi connectivity index (χ0v) is 22.6. The molecule has 0 radical (unpaired) electrons. The Morgan fingerprint density at radius 2 is 1.83 bits per heavy atom. The lowest BCUT2D eigenvalue weighted by atomic mass is 9.78. The van der Waals surface area contributed by atoms with E-state index in [0.29, 0.717) is 37.2 Å². The van der Waals surface area contributed by atoms with E-state index in [4.69, 9.17) is 0 Å². The Bertz CT molecular complexity index is 1580. The van der Waals surface area contributed by atoms with Crippen molar-refractivity contribution in [1.29, 1.82) is 0 Å². The first-order valence-electron chi connectivity index (χ1n) is 13.5. The van der Waals surface area contributed by atoms with Crippen LogP contribution >= 0.6 is 0 Å². The molecule has 2 aliphatic heterocycles. The lowest BCUT2D eigenvalue weighted by Gasteiger charge is -2.43. The molecule has 0 saturated carbocycles. The van der Waals surface area contributed by atoms with E-state index in [0.717, 1.165) is 22.8 Å². The third kappa shape index (κ3) is 4.55. The Balaban J connectivity index is 1.23. The number of alkyl halides is 3. The van der Waals surface area contributed by atoms with Gasteiger partial charge in [0, 0.05) is 22.9 Å². The number of amides is 3. The molecule has 1 fully saturated rings. The summed E-state index contributed by atoms with van der Waals surface area (Å²) in [7, 11) is 0. The third-order valence-corrected chi connectivity index (χ3v) is 8.66. The second-order valence-electron chi connectivity index (χ2n) is 11.8. The van der Waals surface area contributed by atoms with Gasteiger partial charge in [0.1, 0.15) is 12.4 Å². The van der Waals surface area contributed by atoms with Crippen LogP contribution in [-0.4, -0.2) is 34.2 Å². The fourth-order valence-electron chi connectivity index (χ4n) is 6.54. The molecule has 10 heteroatoms. The number of hydrogen-bond acceptors (Lipinski definition) is 4. The molecule has 0 bridgehead atoms. The van der Waals surface area contributed by atoms with Crippen LogP contribution in [0.25, 0.3) is 0 Å². The number of halogens is 3. The van der Waals surface area contributed by atoms with Crippen molar-refractivity contribution in [2.24, 2.45) is 5.41 Å². The molecule has 1 saturated heterocycles. The molecule has 3 aliphatic rings. The smallest absolute Gasteiger partial charge is 0.326 e. The van der Waals surface area contributed by atoms with Gasteiger partial charge in [0.25, 0.3) is 0 Å². The van der Waals surface area contributed by atoms with Crippen molar-refractivity contribution in [3.8, 4) is 0 Å². The van der Waals surface area contributed by atoms with Crippen molar-refractivity contribution in [1.82, 2.24) is 9.88 Å². The molecule has 212 valence electrons. The minimum atomic E-state index is -4.59. The van der Waals surface area contributed by atoms with Crippen LogP contribution < -0.4 is 10.6 Å². The Labute approximate surface area is 235 Å². The van der Waals surface area contributed by atoms with Crippen molar-refractivity contribution < 1.29 is 27.6 Å². The van der Waals surface area contributed by atoms with Crippen LogP contribution in [0.3, 0.4) is 0 Å². The van der Waals surface area contributed by atoms with E-state index >= 15 is 0 Å². The normalized spacial score (nSPS) is 22.9. The number of benzene rings is 2. The van der Waals surface area contributed by atoms with Gasteiger partial charge < -0.3 is 15.5 Å². The molecule has 6 rings (SSSR count). The maximum absolute atomic E-state index is 13.8. The summed E-state index contributed by atoms with van der Waals surface area (Å²) in [4.78, 5) is 45.2. The van der Waals surface area contributed by atoms with Crippen LogP contribution in [0.15, 0.2) is 60.8 Å². The number of hydrogen-bond donors (Lipinski definition) is 2.